The zero-order valence-corrected chi connectivity index (χ0v) is 10.1. The number of rotatable bonds is 4. The minimum atomic E-state index is -0.658. The number of hydrogen-bond acceptors (Lipinski definition) is 5. The van der Waals surface area contributed by atoms with Crippen molar-refractivity contribution in [2.75, 3.05) is 18.4 Å². The second-order valence-corrected chi connectivity index (χ2v) is 3.96. The number of carbonyl (C=O) groups excluding carboxylic acids is 1. The second-order valence-electron chi connectivity index (χ2n) is 3.96. The van der Waals surface area contributed by atoms with Crippen LogP contribution in [0.25, 0.3) is 0 Å². The smallest absolute Gasteiger partial charge is 0.271 e. The zero-order chi connectivity index (χ0) is 13.8. The molecule has 1 heterocycles. The lowest BCUT2D eigenvalue weighted by molar-refractivity contribution is -0.384. The molecule has 1 amide bonds. The summed E-state index contributed by atoms with van der Waals surface area (Å²) in [6.45, 7) is 4.13. The van der Waals surface area contributed by atoms with Gasteiger partial charge in [-0.3, -0.25) is 14.9 Å². The highest BCUT2D eigenvalue weighted by molar-refractivity contribution is 5.83. The monoisotopic (exact) mass is 263 g/mol. The van der Waals surface area contributed by atoms with Crippen LogP contribution in [0, 0.1) is 10.1 Å². The van der Waals surface area contributed by atoms with Crippen molar-refractivity contribution < 1.29 is 14.5 Å². The Morgan fingerprint density at radius 1 is 1.68 bits per heavy atom. The lowest BCUT2D eigenvalue weighted by Gasteiger charge is -2.26. The molecule has 1 aromatic carbocycles. The van der Waals surface area contributed by atoms with Crippen molar-refractivity contribution in [2.24, 2.45) is 0 Å². The predicted molar refractivity (Wildman–Crippen MR) is 69.2 cm³/mol. The highest BCUT2D eigenvalue weighted by atomic mass is 16.6. The van der Waals surface area contributed by atoms with Crippen LogP contribution in [0.1, 0.15) is 0 Å². The summed E-state index contributed by atoms with van der Waals surface area (Å²) in [6.07, 6.45) is 0.916. The van der Waals surface area contributed by atoms with Crippen LogP contribution in [-0.2, 0) is 4.79 Å². The Kier molecular flexibility index (Phi) is 3.65. The van der Waals surface area contributed by atoms with Gasteiger partial charge in [-0.2, -0.15) is 0 Å². The quantitative estimate of drug-likeness (QED) is 0.481. The number of fused-ring (bicyclic) bond motifs is 1. The zero-order valence-electron chi connectivity index (χ0n) is 10.1. The number of nitro groups is 1. The molecule has 1 aromatic rings. The maximum atomic E-state index is 11.7. The van der Waals surface area contributed by atoms with Gasteiger partial charge in [0, 0.05) is 18.7 Å². The number of non-ortho nitro benzene ring substituents is 1. The molecule has 0 fully saturated rings. The van der Waals surface area contributed by atoms with E-state index >= 15 is 0 Å². The van der Waals surface area contributed by atoms with Crippen LogP contribution < -0.4 is 15.4 Å². The average Bonchev–Trinajstić information content (AvgIpc) is 2.43. The first-order valence-corrected chi connectivity index (χ1v) is 5.69. The molecule has 0 bridgehead atoms. The van der Waals surface area contributed by atoms with Crippen LogP contribution in [0.15, 0.2) is 30.9 Å². The van der Waals surface area contributed by atoms with Gasteiger partial charge in [-0.15, -0.1) is 6.58 Å². The van der Waals surface area contributed by atoms with Crippen LogP contribution in [0.3, 0.4) is 0 Å². The summed E-state index contributed by atoms with van der Waals surface area (Å²) in [5.41, 5.74) is 0.492. The van der Waals surface area contributed by atoms with E-state index in [0.29, 0.717) is 18.0 Å². The van der Waals surface area contributed by atoms with Crippen molar-refractivity contribution in [1.82, 2.24) is 5.32 Å². The molecule has 0 spiro atoms. The summed E-state index contributed by atoms with van der Waals surface area (Å²) in [5.74, 6) is 0.173. The highest BCUT2D eigenvalue weighted by Crippen LogP contribution is 2.32. The van der Waals surface area contributed by atoms with Gasteiger partial charge in [-0.05, 0) is 6.07 Å². The van der Waals surface area contributed by atoms with E-state index in [1.54, 1.807) is 6.08 Å². The standard InChI is InChI=1S/C12H13N3O4/c1-2-5-13-12(16)11-7-14-9-6-8(15(17)18)3-4-10(9)19-11/h2-4,6,11,14H,1,5,7H2,(H,13,16). The fraction of sp³-hybridized carbons (Fsp3) is 0.250. The molecule has 0 saturated carbocycles. The number of nitrogens with zero attached hydrogens (tertiary/aromatic N) is 1. The van der Waals surface area contributed by atoms with E-state index in [0.717, 1.165) is 0 Å². The van der Waals surface area contributed by atoms with E-state index in [4.69, 9.17) is 4.74 Å². The van der Waals surface area contributed by atoms with Gasteiger partial charge in [0.25, 0.3) is 11.6 Å². The molecule has 0 radical (unpaired) electrons. The fourth-order valence-electron chi connectivity index (χ4n) is 1.70. The number of hydrogen-bond donors (Lipinski definition) is 2. The number of ether oxygens (including phenoxy) is 1. The first-order chi connectivity index (χ1) is 9.11. The molecule has 19 heavy (non-hydrogen) atoms. The molecule has 100 valence electrons. The number of benzene rings is 1. The largest absolute Gasteiger partial charge is 0.477 e. The summed E-state index contributed by atoms with van der Waals surface area (Å²) >= 11 is 0. The number of carbonyl (C=O) groups is 1. The molecular formula is C12H13N3O4. The Morgan fingerprint density at radius 3 is 3.16 bits per heavy atom. The van der Waals surface area contributed by atoms with Gasteiger partial charge in [-0.25, -0.2) is 0 Å². The summed E-state index contributed by atoms with van der Waals surface area (Å²) in [6, 6.07) is 4.20. The summed E-state index contributed by atoms with van der Waals surface area (Å²) in [5, 5.41) is 16.2. The molecule has 2 rings (SSSR count). The maximum absolute atomic E-state index is 11.7. The third kappa shape index (κ3) is 2.82. The summed E-state index contributed by atoms with van der Waals surface area (Å²) in [7, 11) is 0. The third-order valence-electron chi connectivity index (χ3n) is 2.63. The van der Waals surface area contributed by atoms with E-state index in [1.165, 1.54) is 18.2 Å². The number of nitrogens with one attached hydrogen (secondary N) is 2. The van der Waals surface area contributed by atoms with E-state index in [2.05, 4.69) is 17.2 Å². The van der Waals surface area contributed by atoms with Gasteiger partial charge in [-0.1, -0.05) is 6.08 Å². The fourth-order valence-corrected chi connectivity index (χ4v) is 1.70. The SMILES string of the molecule is C=CCNC(=O)C1CNc2cc([N+](=O)[O-])ccc2O1. The molecule has 1 atom stereocenters. The van der Waals surface area contributed by atoms with E-state index < -0.39 is 11.0 Å². The summed E-state index contributed by atoms with van der Waals surface area (Å²) in [4.78, 5) is 21.9. The molecule has 1 aliphatic rings. The number of nitro benzene ring substituents is 1. The van der Waals surface area contributed by atoms with Crippen molar-refractivity contribution in [2.45, 2.75) is 6.10 Å². The molecule has 1 unspecified atom stereocenters. The van der Waals surface area contributed by atoms with Crippen LogP contribution in [-0.4, -0.2) is 30.0 Å². The van der Waals surface area contributed by atoms with Crippen molar-refractivity contribution in [3.05, 3.63) is 41.0 Å². The van der Waals surface area contributed by atoms with Crippen LogP contribution >= 0.6 is 0 Å². The third-order valence-corrected chi connectivity index (χ3v) is 2.63. The first-order valence-electron chi connectivity index (χ1n) is 5.69. The van der Waals surface area contributed by atoms with Gasteiger partial charge >= 0.3 is 0 Å². The Labute approximate surface area is 109 Å². The minimum Gasteiger partial charge on any atom is -0.477 e. The van der Waals surface area contributed by atoms with Crippen molar-refractivity contribution >= 4 is 17.3 Å². The highest BCUT2D eigenvalue weighted by Gasteiger charge is 2.26. The summed E-state index contributed by atoms with van der Waals surface area (Å²) < 4.78 is 5.49. The molecule has 7 heteroatoms. The lowest BCUT2D eigenvalue weighted by Crippen LogP contribution is -2.44. The average molecular weight is 263 g/mol. The second kappa shape index (κ2) is 5.38. The topological polar surface area (TPSA) is 93.5 Å². The normalized spacial score (nSPS) is 16.5. The molecule has 2 N–H and O–H groups in total. The van der Waals surface area contributed by atoms with E-state index in [1.807, 2.05) is 0 Å². The van der Waals surface area contributed by atoms with E-state index in [-0.39, 0.29) is 18.1 Å². The minimum absolute atomic E-state index is 0.0237. The van der Waals surface area contributed by atoms with Crippen molar-refractivity contribution in [1.29, 1.82) is 0 Å². The predicted octanol–water partition coefficient (Wildman–Crippen LogP) is 1.07. The van der Waals surface area contributed by atoms with Gasteiger partial charge in [0.05, 0.1) is 17.2 Å². The Morgan fingerprint density at radius 2 is 2.47 bits per heavy atom. The Balaban J connectivity index is 2.10. The molecule has 1 aliphatic heterocycles. The van der Waals surface area contributed by atoms with E-state index in [9.17, 15) is 14.9 Å². The van der Waals surface area contributed by atoms with Gasteiger partial charge in [0.1, 0.15) is 5.75 Å². The van der Waals surface area contributed by atoms with Gasteiger partial charge in [0.15, 0.2) is 6.10 Å². The van der Waals surface area contributed by atoms with Gasteiger partial charge < -0.3 is 15.4 Å². The molecule has 0 aliphatic carbocycles. The Bertz CT molecular complexity index is 530. The lowest BCUT2D eigenvalue weighted by atomic mass is 10.2. The number of anilines is 1. The molecule has 0 saturated heterocycles. The van der Waals surface area contributed by atoms with Crippen LogP contribution in [0.2, 0.25) is 0 Å². The van der Waals surface area contributed by atoms with Crippen molar-refractivity contribution in [3.63, 3.8) is 0 Å². The van der Waals surface area contributed by atoms with Gasteiger partial charge in [0.2, 0.25) is 0 Å². The maximum Gasteiger partial charge on any atom is 0.271 e. The van der Waals surface area contributed by atoms with Crippen LogP contribution in [0.4, 0.5) is 11.4 Å². The molecular weight excluding hydrogens is 250 g/mol. The van der Waals surface area contributed by atoms with Crippen LogP contribution in [0.5, 0.6) is 5.75 Å². The Hall–Kier alpha value is -2.57. The van der Waals surface area contributed by atoms with Crippen molar-refractivity contribution in [3.8, 4) is 5.75 Å². The first kappa shape index (κ1) is 12.9. The molecule has 0 aromatic heterocycles. The molecule has 7 nitrogen and oxygen atoms in total. The number of amides is 1.